The summed E-state index contributed by atoms with van der Waals surface area (Å²) in [5.74, 6) is 0.678. The number of rotatable bonds is 9. The Bertz CT molecular complexity index is 3280. The molecule has 0 saturated carbocycles. The van der Waals surface area contributed by atoms with Gasteiger partial charge in [-0.05, 0) is 89.7 Å². The average Bonchev–Trinajstić information content (AvgIpc) is 3.39. The molecule has 0 spiro atoms. The first-order chi connectivity index (χ1) is 31.8. The Morgan fingerprint density at radius 1 is 0.203 bits per heavy atom. The predicted octanol–water partition coefficient (Wildman–Crippen LogP) is 16.6. The van der Waals surface area contributed by atoms with Crippen LogP contribution in [0.3, 0.4) is 0 Å². The maximum atomic E-state index is 5.47. The van der Waals surface area contributed by atoms with Crippen LogP contribution < -0.4 is 0 Å². The molecular formula is C62H42N2. The summed E-state index contributed by atoms with van der Waals surface area (Å²) in [7, 11) is 0. The molecule has 1 aromatic heterocycles. The summed E-state index contributed by atoms with van der Waals surface area (Å²) in [6.45, 7) is 0. The Morgan fingerprint density at radius 3 is 1.00 bits per heavy atom. The third-order valence-corrected chi connectivity index (χ3v) is 12.1. The third-order valence-electron chi connectivity index (χ3n) is 12.1. The van der Waals surface area contributed by atoms with E-state index >= 15 is 0 Å². The number of hydrogen-bond acceptors (Lipinski definition) is 2. The zero-order chi connectivity index (χ0) is 42.7. The van der Waals surface area contributed by atoms with Crippen molar-refractivity contribution in [3.63, 3.8) is 0 Å². The minimum absolute atomic E-state index is 0.678. The summed E-state index contributed by atoms with van der Waals surface area (Å²) >= 11 is 0. The van der Waals surface area contributed by atoms with Crippen molar-refractivity contribution >= 4 is 10.8 Å². The van der Waals surface area contributed by atoms with Gasteiger partial charge in [-0.3, -0.25) is 0 Å². The van der Waals surface area contributed by atoms with E-state index in [4.69, 9.17) is 9.97 Å². The van der Waals surface area contributed by atoms with Crippen LogP contribution in [-0.2, 0) is 0 Å². The van der Waals surface area contributed by atoms with Crippen LogP contribution in [0.4, 0.5) is 0 Å². The van der Waals surface area contributed by atoms with E-state index in [0.717, 1.165) is 78.1 Å². The van der Waals surface area contributed by atoms with Crippen LogP contribution in [0.2, 0.25) is 0 Å². The second-order valence-electron chi connectivity index (χ2n) is 16.0. The fraction of sp³-hybridized carbons (Fsp3) is 0. The Kier molecular flexibility index (Phi) is 10.3. The largest absolute Gasteiger partial charge is 0.228 e. The van der Waals surface area contributed by atoms with E-state index in [1.807, 2.05) is 6.07 Å². The van der Waals surface area contributed by atoms with Gasteiger partial charge in [0.2, 0.25) is 0 Å². The topological polar surface area (TPSA) is 25.8 Å². The van der Waals surface area contributed by atoms with Gasteiger partial charge in [-0.15, -0.1) is 0 Å². The van der Waals surface area contributed by atoms with Gasteiger partial charge in [0.15, 0.2) is 5.82 Å². The summed E-state index contributed by atoms with van der Waals surface area (Å²) in [5.41, 5.74) is 18.5. The quantitative estimate of drug-likeness (QED) is 0.145. The molecule has 64 heavy (non-hydrogen) atoms. The van der Waals surface area contributed by atoms with Crippen molar-refractivity contribution in [2.45, 2.75) is 0 Å². The van der Waals surface area contributed by atoms with E-state index in [2.05, 4.69) is 249 Å². The van der Waals surface area contributed by atoms with Crippen LogP contribution in [0.25, 0.3) is 111 Å². The standard InChI is InChI=1S/C62H42N2/c1-7-24-44(25-8-1)56-57(45-26-9-2-10-27-45)59(47-30-13-4-14-31-47)61(60(48-32-15-5-16-33-48)58(56)46-28-11-3-12-29-46)53-38-22-21-37-52(53)55-42-54(63-62(64-55)49-34-17-6-18-35-49)51-40-39-43-23-19-20-36-50(43)41-51/h1-42H. The first-order valence-electron chi connectivity index (χ1n) is 21.8. The molecule has 1 heterocycles. The molecule has 0 amide bonds. The molecule has 0 aliphatic rings. The lowest BCUT2D eigenvalue weighted by molar-refractivity contribution is 1.18. The van der Waals surface area contributed by atoms with Crippen LogP contribution in [0.15, 0.2) is 255 Å². The SMILES string of the molecule is c1ccc(-c2nc(-c3ccc4ccccc4c3)cc(-c3ccccc3-c3c(-c4ccccc4)c(-c4ccccc4)c(-c4ccccc4)c(-c4ccccc4)c3-c3ccccc3)n2)cc1. The van der Waals surface area contributed by atoms with Crippen molar-refractivity contribution in [1.29, 1.82) is 0 Å². The van der Waals surface area contributed by atoms with Gasteiger partial charge in [-0.1, -0.05) is 243 Å². The predicted molar refractivity (Wildman–Crippen MR) is 268 cm³/mol. The Morgan fingerprint density at radius 2 is 0.547 bits per heavy atom. The summed E-state index contributed by atoms with van der Waals surface area (Å²) in [4.78, 5) is 10.7. The monoisotopic (exact) mass is 814 g/mol. The molecule has 0 radical (unpaired) electrons. The summed E-state index contributed by atoms with van der Waals surface area (Å²) in [5, 5.41) is 2.36. The molecule has 0 saturated heterocycles. The van der Waals surface area contributed by atoms with Crippen LogP contribution in [0.5, 0.6) is 0 Å². The molecule has 10 aromatic carbocycles. The van der Waals surface area contributed by atoms with E-state index < -0.39 is 0 Å². The van der Waals surface area contributed by atoms with E-state index in [1.54, 1.807) is 0 Å². The van der Waals surface area contributed by atoms with Crippen molar-refractivity contribution in [1.82, 2.24) is 9.97 Å². The van der Waals surface area contributed by atoms with E-state index in [1.165, 1.54) is 27.5 Å². The molecule has 0 fully saturated rings. The summed E-state index contributed by atoms with van der Waals surface area (Å²) < 4.78 is 0. The molecule has 11 rings (SSSR count). The lowest BCUT2D eigenvalue weighted by Gasteiger charge is -2.29. The van der Waals surface area contributed by atoms with Crippen LogP contribution >= 0.6 is 0 Å². The van der Waals surface area contributed by atoms with E-state index in [0.29, 0.717) is 5.82 Å². The first kappa shape index (κ1) is 38.5. The van der Waals surface area contributed by atoms with Gasteiger partial charge in [0.05, 0.1) is 11.4 Å². The molecule has 0 N–H and O–H groups in total. The number of benzene rings is 10. The normalized spacial score (nSPS) is 11.1. The number of fused-ring (bicyclic) bond motifs is 1. The zero-order valence-corrected chi connectivity index (χ0v) is 35.1. The van der Waals surface area contributed by atoms with Crippen LogP contribution in [-0.4, -0.2) is 9.97 Å². The van der Waals surface area contributed by atoms with Crippen LogP contribution in [0.1, 0.15) is 0 Å². The zero-order valence-electron chi connectivity index (χ0n) is 35.1. The molecule has 2 heteroatoms. The molecular weight excluding hydrogens is 773 g/mol. The fourth-order valence-electron chi connectivity index (χ4n) is 9.21. The molecule has 0 aliphatic carbocycles. The average molecular weight is 815 g/mol. The molecule has 0 aliphatic heterocycles. The first-order valence-corrected chi connectivity index (χ1v) is 21.8. The highest BCUT2D eigenvalue weighted by atomic mass is 14.9. The van der Waals surface area contributed by atoms with Crippen molar-refractivity contribution in [2.24, 2.45) is 0 Å². The van der Waals surface area contributed by atoms with Gasteiger partial charge in [0.25, 0.3) is 0 Å². The van der Waals surface area contributed by atoms with Crippen LogP contribution in [0, 0.1) is 0 Å². The summed E-state index contributed by atoms with van der Waals surface area (Å²) in [6, 6.07) is 91.1. The number of hydrogen-bond donors (Lipinski definition) is 0. The minimum atomic E-state index is 0.678. The molecule has 300 valence electrons. The van der Waals surface area contributed by atoms with Crippen molar-refractivity contribution < 1.29 is 0 Å². The lowest BCUT2D eigenvalue weighted by atomic mass is 9.73. The van der Waals surface area contributed by atoms with Gasteiger partial charge in [-0.25, -0.2) is 9.97 Å². The molecule has 0 atom stereocenters. The summed E-state index contributed by atoms with van der Waals surface area (Å²) in [6.07, 6.45) is 0. The Balaban J connectivity index is 1.32. The molecule has 11 aromatic rings. The van der Waals surface area contributed by atoms with Gasteiger partial charge < -0.3 is 0 Å². The Hall–Kier alpha value is -8.46. The highest BCUT2D eigenvalue weighted by Gasteiger charge is 2.30. The second-order valence-corrected chi connectivity index (χ2v) is 16.0. The molecule has 0 unspecified atom stereocenters. The number of aromatic nitrogens is 2. The highest BCUT2D eigenvalue weighted by molar-refractivity contribution is 6.16. The smallest absolute Gasteiger partial charge is 0.160 e. The van der Waals surface area contributed by atoms with Crippen molar-refractivity contribution in [2.75, 3.05) is 0 Å². The Labute approximate surface area is 374 Å². The van der Waals surface area contributed by atoms with Gasteiger partial charge in [0, 0.05) is 16.7 Å². The third kappa shape index (κ3) is 7.27. The van der Waals surface area contributed by atoms with Crippen molar-refractivity contribution in [3.05, 3.63) is 255 Å². The number of nitrogens with zero attached hydrogens (tertiary/aromatic N) is 2. The minimum Gasteiger partial charge on any atom is -0.228 e. The van der Waals surface area contributed by atoms with Gasteiger partial charge in [0.1, 0.15) is 0 Å². The van der Waals surface area contributed by atoms with Crippen molar-refractivity contribution in [3.8, 4) is 101 Å². The van der Waals surface area contributed by atoms with E-state index in [-0.39, 0.29) is 0 Å². The maximum absolute atomic E-state index is 5.47. The molecule has 0 bridgehead atoms. The van der Waals surface area contributed by atoms with Gasteiger partial charge in [-0.2, -0.15) is 0 Å². The lowest BCUT2D eigenvalue weighted by Crippen LogP contribution is -2.03. The highest BCUT2D eigenvalue weighted by Crippen LogP contribution is 2.57. The second kappa shape index (κ2) is 17.1. The fourth-order valence-corrected chi connectivity index (χ4v) is 9.21. The van der Waals surface area contributed by atoms with E-state index in [9.17, 15) is 0 Å². The van der Waals surface area contributed by atoms with Gasteiger partial charge >= 0.3 is 0 Å². The molecule has 2 nitrogen and oxygen atoms in total. The maximum Gasteiger partial charge on any atom is 0.160 e.